The largest absolute Gasteiger partial charge is 0.383 e. The highest BCUT2D eigenvalue weighted by Crippen LogP contribution is 2.16. The van der Waals surface area contributed by atoms with Crippen LogP contribution in [0.4, 0.5) is 5.69 Å². The second kappa shape index (κ2) is 6.21. The number of rotatable bonds is 4. The Morgan fingerprint density at radius 1 is 1.53 bits per heavy atom. The van der Waals surface area contributed by atoms with E-state index in [-0.39, 0.29) is 0 Å². The summed E-state index contributed by atoms with van der Waals surface area (Å²) in [6, 6.07) is 5.79. The number of anilines is 1. The third-order valence-corrected chi connectivity index (χ3v) is 2.97. The summed E-state index contributed by atoms with van der Waals surface area (Å²) >= 11 is 0. The first-order valence-electron chi connectivity index (χ1n) is 6.11. The van der Waals surface area contributed by atoms with Gasteiger partial charge in [-0.15, -0.1) is 0 Å². The monoisotopic (exact) mass is 231 g/mol. The summed E-state index contributed by atoms with van der Waals surface area (Å²) < 4.78 is 5.65. The molecule has 90 valence electrons. The first kappa shape index (κ1) is 11.9. The fourth-order valence-electron chi connectivity index (χ4n) is 2.04. The van der Waals surface area contributed by atoms with Gasteiger partial charge in [0.05, 0.1) is 11.8 Å². The average molecular weight is 231 g/mol. The second-order valence-corrected chi connectivity index (χ2v) is 4.22. The molecule has 0 saturated carbocycles. The van der Waals surface area contributed by atoms with E-state index in [4.69, 9.17) is 10.00 Å². The van der Waals surface area contributed by atoms with E-state index in [9.17, 15) is 0 Å². The highest BCUT2D eigenvalue weighted by atomic mass is 16.5. The van der Waals surface area contributed by atoms with Crippen molar-refractivity contribution >= 4 is 5.69 Å². The van der Waals surface area contributed by atoms with Crippen LogP contribution in [0.5, 0.6) is 0 Å². The molecule has 1 aliphatic rings. The Morgan fingerprint density at radius 3 is 3.24 bits per heavy atom. The molecule has 0 spiro atoms. The number of ether oxygens (including phenoxy) is 1. The maximum Gasteiger partial charge on any atom is 0.163 e. The van der Waals surface area contributed by atoms with Gasteiger partial charge in [0.25, 0.3) is 0 Å². The molecule has 1 aromatic rings. The van der Waals surface area contributed by atoms with Crippen LogP contribution in [0.1, 0.15) is 31.4 Å². The van der Waals surface area contributed by atoms with Gasteiger partial charge in [0.1, 0.15) is 6.07 Å². The fourth-order valence-corrected chi connectivity index (χ4v) is 2.04. The van der Waals surface area contributed by atoms with Crippen molar-refractivity contribution in [2.45, 2.75) is 31.8 Å². The summed E-state index contributed by atoms with van der Waals surface area (Å²) in [5.41, 5.74) is 1.27. The standard InChI is InChI=1S/C13H17N3O/c14-10-13-12(5-3-7-15-13)16-8-6-11-4-1-2-9-17-11/h3,5,7,11,16H,1-2,4,6,8-9H2. The molecule has 1 fully saturated rings. The summed E-state index contributed by atoms with van der Waals surface area (Å²) in [4.78, 5) is 4.01. The Bertz CT molecular complexity index is 394. The lowest BCUT2D eigenvalue weighted by atomic mass is 10.1. The van der Waals surface area contributed by atoms with Crippen LogP contribution in [0.15, 0.2) is 18.3 Å². The lowest BCUT2D eigenvalue weighted by molar-refractivity contribution is 0.0134. The lowest BCUT2D eigenvalue weighted by Crippen LogP contribution is -2.22. The molecule has 1 aliphatic heterocycles. The summed E-state index contributed by atoms with van der Waals surface area (Å²) in [6.45, 7) is 1.71. The number of aromatic nitrogens is 1. The number of nitrogens with zero attached hydrogens (tertiary/aromatic N) is 2. The van der Waals surface area contributed by atoms with Crippen molar-refractivity contribution in [2.24, 2.45) is 0 Å². The van der Waals surface area contributed by atoms with Gasteiger partial charge in [0.15, 0.2) is 5.69 Å². The van der Waals surface area contributed by atoms with E-state index in [1.165, 1.54) is 12.8 Å². The minimum Gasteiger partial charge on any atom is -0.383 e. The van der Waals surface area contributed by atoms with Gasteiger partial charge in [-0.05, 0) is 37.8 Å². The van der Waals surface area contributed by atoms with Gasteiger partial charge in [-0.25, -0.2) is 4.98 Å². The van der Waals surface area contributed by atoms with Crippen LogP contribution < -0.4 is 5.32 Å². The first-order chi connectivity index (χ1) is 8.40. The lowest BCUT2D eigenvalue weighted by Gasteiger charge is -2.22. The smallest absolute Gasteiger partial charge is 0.163 e. The van der Waals surface area contributed by atoms with Crippen LogP contribution in [0.2, 0.25) is 0 Å². The number of nitriles is 1. The molecular weight excluding hydrogens is 214 g/mol. The molecule has 0 radical (unpaired) electrons. The van der Waals surface area contributed by atoms with Crippen molar-refractivity contribution in [3.63, 3.8) is 0 Å². The maximum absolute atomic E-state index is 8.89. The maximum atomic E-state index is 8.89. The average Bonchev–Trinajstić information content (AvgIpc) is 2.40. The summed E-state index contributed by atoms with van der Waals surface area (Å²) in [7, 11) is 0. The van der Waals surface area contributed by atoms with Crippen molar-refractivity contribution in [1.82, 2.24) is 4.98 Å². The van der Waals surface area contributed by atoms with E-state index < -0.39 is 0 Å². The minimum absolute atomic E-state index is 0.374. The molecule has 4 nitrogen and oxygen atoms in total. The summed E-state index contributed by atoms with van der Waals surface area (Å²) in [5.74, 6) is 0. The van der Waals surface area contributed by atoms with Crippen LogP contribution in [0.3, 0.4) is 0 Å². The number of hydrogen-bond acceptors (Lipinski definition) is 4. The van der Waals surface area contributed by atoms with Gasteiger partial charge in [-0.3, -0.25) is 0 Å². The third-order valence-electron chi connectivity index (χ3n) is 2.97. The number of pyridine rings is 1. The van der Waals surface area contributed by atoms with Crippen molar-refractivity contribution in [3.8, 4) is 6.07 Å². The molecule has 1 aromatic heterocycles. The molecule has 1 atom stereocenters. The molecule has 2 heterocycles. The molecule has 1 saturated heterocycles. The number of nitrogens with one attached hydrogen (secondary N) is 1. The Balaban J connectivity index is 1.79. The van der Waals surface area contributed by atoms with E-state index in [1.807, 2.05) is 12.1 Å². The van der Waals surface area contributed by atoms with Crippen LogP contribution in [0.25, 0.3) is 0 Å². The molecule has 2 rings (SSSR count). The predicted octanol–water partition coefficient (Wildman–Crippen LogP) is 2.32. The normalized spacial score (nSPS) is 19.6. The first-order valence-corrected chi connectivity index (χ1v) is 6.11. The van der Waals surface area contributed by atoms with Crippen LogP contribution in [0, 0.1) is 11.3 Å². The molecular formula is C13H17N3O. The van der Waals surface area contributed by atoms with Crippen LogP contribution >= 0.6 is 0 Å². The van der Waals surface area contributed by atoms with E-state index in [2.05, 4.69) is 16.4 Å². The zero-order chi connectivity index (χ0) is 11.9. The van der Waals surface area contributed by atoms with E-state index in [1.54, 1.807) is 6.20 Å². The molecule has 0 aromatic carbocycles. The van der Waals surface area contributed by atoms with E-state index in [0.29, 0.717) is 11.8 Å². The zero-order valence-corrected chi connectivity index (χ0v) is 9.85. The number of hydrogen-bond donors (Lipinski definition) is 1. The topological polar surface area (TPSA) is 57.9 Å². The van der Waals surface area contributed by atoms with Crippen molar-refractivity contribution in [1.29, 1.82) is 5.26 Å². The van der Waals surface area contributed by atoms with E-state index >= 15 is 0 Å². The molecule has 0 bridgehead atoms. The molecule has 17 heavy (non-hydrogen) atoms. The van der Waals surface area contributed by atoms with Gasteiger partial charge in [-0.2, -0.15) is 5.26 Å². The van der Waals surface area contributed by atoms with Crippen molar-refractivity contribution in [3.05, 3.63) is 24.0 Å². The molecule has 0 aliphatic carbocycles. The Labute approximate surface area is 102 Å². The molecule has 0 amide bonds. The highest BCUT2D eigenvalue weighted by molar-refractivity contribution is 5.53. The Kier molecular flexibility index (Phi) is 4.34. The fraction of sp³-hybridized carbons (Fsp3) is 0.538. The van der Waals surface area contributed by atoms with Gasteiger partial charge >= 0.3 is 0 Å². The predicted molar refractivity (Wildman–Crippen MR) is 65.6 cm³/mol. The quantitative estimate of drug-likeness (QED) is 0.864. The summed E-state index contributed by atoms with van der Waals surface area (Å²) in [6.07, 6.45) is 6.60. The molecule has 1 unspecified atom stereocenters. The van der Waals surface area contributed by atoms with Gasteiger partial charge in [0.2, 0.25) is 0 Å². The molecule has 1 N–H and O–H groups in total. The second-order valence-electron chi connectivity index (χ2n) is 4.22. The van der Waals surface area contributed by atoms with Crippen molar-refractivity contribution < 1.29 is 4.74 Å². The summed E-state index contributed by atoms with van der Waals surface area (Å²) in [5, 5.41) is 12.1. The highest BCUT2D eigenvalue weighted by Gasteiger charge is 2.13. The third kappa shape index (κ3) is 3.43. The SMILES string of the molecule is N#Cc1ncccc1NCCC1CCCCO1. The van der Waals surface area contributed by atoms with Crippen molar-refractivity contribution in [2.75, 3.05) is 18.5 Å². The van der Waals surface area contributed by atoms with Gasteiger partial charge in [0, 0.05) is 19.3 Å². The minimum atomic E-state index is 0.374. The Hall–Kier alpha value is -1.60. The van der Waals surface area contributed by atoms with Crippen LogP contribution in [-0.2, 0) is 4.74 Å². The van der Waals surface area contributed by atoms with Gasteiger partial charge < -0.3 is 10.1 Å². The molecule has 4 heteroatoms. The zero-order valence-electron chi connectivity index (χ0n) is 9.85. The van der Waals surface area contributed by atoms with Crippen LogP contribution in [-0.4, -0.2) is 24.2 Å². The van der Waals surface area contributed by atoms with Gasteiger partial charge in [-0.1, -0.05) is 0 Å². The van der Waals surface area contributed by atoms with E-state index in [0.717, 1.165) is 31.7 Å². The Morgan fingerprint density at radius 2 is 2.47 bits per heavy atom.